The SMILES string of the molecule is [2H]C([2H])(c1ccnc2[nH]ccc12)N1CCc2c(NC(=O)Nc3cccc(F)c3)cccc21. The molecule has 3 heterocycles. The van der Waals surface area contributed by atoms with Crippen LogP contribution in [0.4, 0.5) is 26.2 Å². The molecule has 0 atom stereocenters. The van der Waals surface area contributed by atoms with E-state index in [1.165, 1.54) is 18.2 Å². The Hall–Kier alpha value is -3.87. The van der Waals surface area contributed by atoms with Gasteiger partial charge in [-0.1, -0.05) is 12.1 Å². The Morgan fingerprint density at radius 3 is 3.00 bits per heavy atom. The Kier molecular flexibility index (Phi) is 4.00. The van der Waals surface area contributed by atoms with Crippen molar-refractivity contribution < 1.29 is 11.9 Å². The second-order valence-electron chi connectivity index (χ2n) is 7.00. The number of urea groups is 1. The average Bonchev–Trinajstić information content (AvgIpc) is 3.41. The molecule has 0 unspecified atom stereocenters. The number of aromatic nitrogens is 2. The van der Waals surface area contributed by atoms with Crippen molar-refractivity contribution in [3.05, 3.63) is 83.9 Å². The first-order chi connectivity index (χ1) is 15.4. The lowest BCUT2D eigenvalue weighted by Gasteiger charge is -2.20. The van der Waals surface area contributed by atoms with Gasteiger partial charge in [0.2, 0.25) is 0 Å². The minimum Gasteiger partial charge on any atom is -0.367 e. The van der Waals surface area contributed by atoms with Gasteiger partial charge in [-0.2, -0.15) is 0 Å². The van der Waals surface area contributed by atoms with E-state index >= 15 is 0 Å². The summed E-state index contributed by atoms with van der Waals surface area (Å²) in [6.07, 6.45) is 3.92. The number of amides is 2. The number of nitrogens with one attached hydrogen (secondary N) is 3. The molecule has 4 aromatic rings. The molecule has 2 aromatic carbocycles. The van der Waals surface area contributed by atoms with Gasteiger partial charge in [0.15, 0.2) is 0 Å². The first-order valence-corrected chi connectivity index (χ1v) is 9.59. The summed E-state index contributed by atoms with van der Waals surface area (Å²) in [7, 11) is 0. The fourth-order valence-electron chi connectivity index (χ4n) is 3.72. The van der Waals surface area contributed by atoms with Crippen molar-refractivity contribution in [2.45, 2.75) is 12.9 Å². The van der Waals surface area contributed by atoms with Crippen LogP contribution < -0.4 is 15.5 Å². The molecule has 3 N–H and O–H groups in total. The molecule has 6 nitrogen and oxygen atoms in total. The highest BCUT2D eigenvalue weighted by molar-refractivity contribution is 6.00. The minimum absolute atomic E-state index is 0.348. The van der Waals surface area contributed by atoms with Crippen LogP contribution in [0.5, 0.6) is 0 Å². The second kappa shape index (κ2) is 7.51. The van der Waals surface area contributed by atoms with Gasteiger partial charge in [0, 0.05) is 53.4 Å². The Labute approximate surface area is 175 Å². The van der Waals surface area contributed by atoms with Crippen molar-refractivity contribution >= 4 is 34.1 Å². The summed E-state index contributed by atoms with van der Waals surface area (Å²) in [6, 6.07) is 14.1. The molecule has 2 amide bonds. The highest BCUT2D eigenvalue weighted by Crippen LogP contribution is 2.35. The van der Waals surface area contributed by atoms with E-state index < -0.39 is 18.3 Å². The number of benzene rings is 2. The highest BCUT2D eigenvalue weighted by atomic mass is 19.1. The van der Waals surface area contributed by atoms with E-state index in [0.717, 1.165) is 16.6 Å². The third-order valence-electron chi connectivity index (χ3n) is 5.07. The average molecular weight is 403 g/mol. The molecule has 1 aliphatic rings. The molecule has 0 radical (unpaired) electrons. The number of pyridine rings is 1. The number of hydrogen-bond acceptors (Lipinski definition) is 3. The lowest BCUT2D eigenvalue weighted by atomic mass is 10.1. The topological polar surface area (TPSA) is 73.0 Å². The van der Waals surface area contributed by atoms with E-state index in [1.54, 1.807) is 41.6 Å². The maximum absolute atomic E-state index is 13.4. The summed E-state index contributed by atoms with van der Waals surface area (Å²) in [5.41, 5.74) is 3.68. The van der Waals surface area contributed by atoms with Gasteiger partial charge in [-0.15, -0.1) is 0 Å². The van der Waals surface area contributed by atoms with Crippen LogP contribution in [-0.4, -0.2) is 22.5 Å². The van der Waals surface area contributed by atoms with Crippen LogP contribution in [0.25, 0.3) is 11.0 Å². The van der Waals surface area contributed by atoms with Crippen LogP contribution >= 0.6 is 0 Å². The van der Waals surface area contributed by atoms with E-state index in [-0.39, 0.29) is 0 Å². The van der Waals surface area contributed by atoms with Gasteiger partial charge in [0.05, 0.1) is 2.74 Å². The zero-order valence-electron chi connectivity index (χ0n) is 17.9. The third-order valence-corrected chi connectivity index (χ3v) is 5.07. The Balaban J connectivity index is 1.42. The molecule has 150 valence electrons. The van der Waals surface area contributed by atoms with Crippen LogP contribution in [0.3, 0.4) is 0 Å². The van der Waals surface area contributed by atoms with E-state index in [2.05, 4.69) is 20.6 Å². The van der Waals surface area contributed by atoms with Crippen LogP contribution in [0.2, 0.25) is 0 Å². The number of fused-ring (bicyclic) bond motifs is 2. The quantitative estimate of drug-likeness (QED) is 0.453. The normalized spacial score (nSPS) is 14.2. The van der Waals surface area contributed by atoms with Gasteiger partial charge in [-0.3, -0.25) is 0 Å². The van der Waals surface area contributed by atoms with Gasteiger partial charge in [0.25, 0.3) is 0 Å². The molecule has 0 saturated heterocycles. The molecular formula is C23H20FN5O. The number of anilines is 3. The smallest absolute Gasteiger partial charge is 0.323 e. The van der Waals surface area contributed by atoms with Crippen molar-refractivity contribution in [1.82, 2.24) is 9.97 Å². The molecule has 0 saturated carbocycles. The predicted molar refractivity (Wildman–Crippen MR) is 116 cm³/mol. The van der Waals surface area contributed by atoms with Crippen molar-refractivity contribution in [2.75, 3.05) is 22.1 Å². The van der Waals surface area contributed by atoms with E-state index in [4.69, 9.17) is 2.74 Å². The standard InChI is InChI=1S/C23H20FN5O/c24-16-3-1-4-17(13-16)27-23(30)28-20-5-2-6-21-19(20)9-12-29(21)14-15-7-10-25-22-18(15)8-11-26-22/h1-8,10-11,13H,9,12,14H2,(H,25,26)(H2,27,28,30)/i14D2. The molecule has 0 fully saturated rings. The highest BCUT2D eigenvalue weighted by Gasteiger charge is 2.23. The zero-order chi connectivity index (χ0) is 22.3. The van der Waals surface area contributed by atoms with Crippen molar-refractivity contribution in [3.63, 3.8) is 0 Å². The van der Waals surface area contributed by atoms with Crippen LogP contribution in [0, 0.1) is 5.82 Å². The number of carbonyl (C=O) groups excluding carboxylic acids is 1. The molecule has 2 aromatic heterocycles. The number of aromatic amines is 1. The Bertz CT molecular complexity index is 1320. The number of halogens is 1. The number of carbonyl (C=O) groups is 1. The van der Waals surface area contributed by atoms with Gasteiger partial charge in [-0.05, 0) is 54.4 Å². The maximum Gasteiger partial charge on any atom is 0.323 e. The van der Waals surface area contributed by atoms with Crippen molar-refractivity contribution in [3.8, 4) is 0 Å². The maximum atomic E-state index is 13.4. The molecule has 1 aliphatic heterocycles. The lowest BCUT2D eigenvalue weighted by molar-refractivity contribution is 0.262. The van der Waals surface area contributed by atoms with Crippen molar-refractivity contribution in [1.29, 1.82) is 0 Å². The van der Waals surface area contributed by atoms with Gasteiger partial charge in [-0.25, -0.2) is 14.2 Å². The first-order valence-electron chi connectivity index (χ1n) is 10.6. The van der Waals surface area contributed by atoms with Crippen LogP contribution in [0.15, 0.2) is 67.0 Å². The van der Waals surface area contributed by atoms with Gasteiger partial charge < -0.3 is 20.5 Å². The summed E-state index contributed by atoms with van der Waals surface area (Å²) < 4.78 is 31.2. The van der Waals surface area contributed by atoms with E-state index in [9.17, 15) is 9.18 Å². The first kappa shape index (κ1) is 16.0. The number of hydrogen-bond donors (Lipinski definition) is 3. The molecule has 0 bridgehead atoms. The van der Waals surface area contributed by atoms with E-state index in [0.29, 0.717) is 35.6 Å². The Morgan fingerprint density at radius 2 is 2.10 bits per heavy atom. The van der Waals surface area contributed by atoms with Crippen molar-refractivity contribution in [2.24, 2.45) is 0 Å². The van der Waals surface area contributed by atoms with Crippen LogP contribution in [0.1, 0.15) is 13.9 Å². The predicted octanol–water partition coefficient (Wildman–Crippen LogP) is 4.91. The molecule has 7 heteroatoms. The van der Waals surface area contributed by atoms with E-state index in [1.807, 2.05) is 12.1 Å². The van der Waals surface area contributed by atoms with Crippen LogP contribution in [-0.2, 0) is 12.9 Å². The molecule has 30 heavy (non-hydrogen) atoms. The minimum atomic E-state index is -1.78. The number of H-pyrrole nitrogens is 1. The third kappa shape index (κ3) is 3.45. The number of rotatable bonds is 4. The largest absolute Gasteiger partial charge is 0.367 e. The number of nitrogens with zero attached hydrogens (tertiary/aromatic N) is 2. The second-order valence-corrected chi connectivity index (χ2v) is 7.00. The van der Waals surface area contributed by atoms with Gasteiger partial charge >= 0.3 is 6.03 Å². The summed E-state index contributed by atoms with van der Waals surface area (Å²) in [6.45, 7) is -1.32. The molecule has 5 rings (SSSR count). The fraction of sp³-hybridized carbons (Fsp3) is 0.130. The zero-order valence-corrected chi connectivity index (χ0v) is 15.9. The van der Waals surface area contributed by atoms with Gasteiger partial charge in [0.1, 0.15) is 11.5 Å². The Morgan fingerprint density at radius 1 is 1.20 bits per heavy atom. The molecular weight excluding hydrogens is 381 g/mol. The summed E-state index contributed by atoms with van der Waals surface area (Å²) in [5.74, 6) is -0.436. The molecule has 0 spiro atoms. The summed E-state index contributed by atoms with van der Waals surface area (Å²) in [4.78, 5) is 21.5. The monoisotopic (exact) mass is 403 g/mol. The summed E-state index contributed by atoms with van der Waals surface area (Å²) >= 11 is 0. The summed E-state index contributed by atoms with van der Waals surface area (Å²) in [5, 5.41) is 6.16. The lowest BCUT2D eigenvalue weighted by Crippen LogP contribution is -2.20. The molecule has 0 aliphatic carbocycles. The fourth-order valence-corrected chi connectivity index (χ4v) is 3.72.